The van der Waals surface area contributed by atoms with Crippen molar-refractivity contribution in [2.24, 2.45) is 0 Å². The van der Waals surface area contributed by atoms with E-state index in [1.807, 2.05) is 0 Å². The van der Waals surface area contributed by atoms with Gasteiger partial charge in [-0.2, -0.15) is 13.2 Å². The molecule has 0 saturated carbocycles. The summed E-state index contributed by atoms with van der Waals surface area (Å²) in [4.78, 5) is 3.47. The summed E-state index contributed by atoms with van der Waals surface area (Å²) in [5.74, 6) is 0.786. The van der Waals surface area contributed by atoms with Crippen molar-refractivity contribution in [1.82, 2.24) is 10.1 Å². The van der Waals surface area contributed by atoms with Crippen LogP contribution in [0, 0.1) is 6.92 Å². The molecule has 0 aromatic carbocycles. The summed E-state index contributed by atoms with van der Waals surface area (Å²) in [6.07, 6.45) is -4.44. The Balaban J connectivity index is 2.06. The van der Waals surface area contributed by atoms with Crippen molar-refractivity contribution in [2.75, 3.05) is 5.32 Å². The summed E-state index contributed by atoms with van der Waals surface area (Å²) in [5, 5.41) is 6.47. The van der Waals surface area contributed by atoms with E-state index in [9.17, 15) is 13.2 Å². The normalized spacial score (nSPS) is 11.6. The Kier molecular flexibility index (Phi) is 3.22. The Morgan fingerprint density at radius 2 is 2.11 bits per heavy atom. The maximum Gasteiger partial charge on any atom is 0.433 e. The van der Waals surface area contributed by atoms with Gasteiger partial charge in [-0.25, -0.2) is 4.98 Å². The average Bonchev–Trinajstić information content (AvgIpc) is 2.72. The van der Waals surface area contributed by atoms with Gasteiger partial charge in [0.2, 0.25) is 0 Å². The van der Waals surface area contributed by atoms with Crippen molar-refractivity contribution < 1.29 is 17.7 Å². The lowest BCUT2D eigenvalue weighted by molar-refractivity contribution is -0.141. The van der Waals surface area contributed by atoms with E-state index < -0.39 is 11.9 Å². The highest BCUT2D eigenvalue weighted by Crippen LogP contribution is 2.28. The van der Waals surface area contributed by atoms with Crippen LogP contribution in [-0.2, 0) is 12.7 Å². The van der Waals surface area contributed by atoms with Gasteiger partial charge in [0, 0.05) is 6.07 Å². The third-order valence-electron chi connectivity index (χ3n) is 2.17. The number of rotatable bonds is 3. The van der Waals surface area contributed by atoms with E-state index in [4.69, 9.17) is 4.52 Å². The number of hydrogen-bond donors (Lipinski definition) is 1. The van der Waals surface area contributed by atoms with Crippen LogP contribution in [-0.4, -0.2) is 10.1 Å². The van der Waals surface area contributed by atoms with Crippen LogP contribution in [0.3, 0.4) is 0 Å². The van der Waals surface area contributed by atoms with Gasteiger partial charge in [-0.3, -0.25) is 0 Å². The molecule has 0 aliphatic carbocycles. The SMILES string of the molecule is Cc1cc(CNc2cccc(C(F)(F)F)n2)no1. The van der Waals surface area contributed by atoms with Crippen LogP contribution >= 0.6 is 0 Å². The predicted octanol–water partition coefficient (Wildman–Crippen LogP) is 3.01. The molecular formula is C11H10F3N3O. The van der Waals surface area contributed by atoms with Gasteiger partial charge in [0.15, 0.2) is 0 Å². The fraction of sp³-hybridized carbons (Fsp3) is 0.273. The lowest BCUT2D eigenvalue weighted by Crippen LogP contribution is -2.10. The van der Waals surface area contributed by atoms with Crippen LogP contribution in [0.2, 0.25) is 0 Å². The molecule has 18 heavy (non-hydrogen) atoms. The molecule has 0 fully saturated rings. The summed E-state index contributed by atoms with van der Waals surface area (Å²) in [5.41, 5.74) is -0.324. The maximum atomic E-state index is 12.4. The Hall–Kier alpha value is -2.05. The molecule has 4 nitrogen and oxygen atoms in total. The number of aryl methyl sites for hydroxylation is 1. The van der Waals surface area contributed by atoms with Gasteiger partial charge in [0.25, 0.3) is 0 Å². The largest absolute Gasteiger partial charge is 0.433 e. The standard InChI is InChI=1S/C11H10F3N3O/c1-7-5-8(17-18-7)6-15-10-4-2-3-9(16-10)11(12,13)14/h2-5H,6H2,1H3,(H,15,16). The van der Waals surface area contributed by atoms with Gasteiger partial charge < -0.3 is 9.84 Å². The molecule has 0 aliphatic heterocycles. The van der Waals surface area contributed by atoms with Crippen LogP contribution in [0.1, 0.15) is 17.1 Å². The van der Waals surface area contributed by atoms with Gasteiger partial charge in [0.1, 0.15) is 23.0 Å². The van der Waals surface area contributed by atoms with Crippen molar-refractivity contribution in [2.45, 2.75) is 19.6 Å². The molecule has 2 aromatic rings. The predicted molar refractivity (Wildman–Crippen MR) is 57.8 cm³/mol. The lowest BCUT2D eigenvalue weighted by Gasteiger charge is -2.08. The number of hydrogen-bond acceptors (Lipinski definition) is 4. The minimum atomic E-state index is -4.44. The second-order valence-electron chi connectivity index (χ2n) is 3.69. The van der Waals surface area contributed by atoms with Crippen molar-refractivity contribution in [3.8, 4) is 0 Å². The number of aromatic nitrogens is 2. The van der Waals surface area contributed by atoms with Crippen LogP contribution in [0.15, 0.2) is 28.8 Å². The summed E-state index contributed by atoms with van der Waals surface area (Å²) >= 11 is 0. The van der Waals surface area contributed by atoms with Crippen molar-refractivity contribution in [3.63, 3.8) is 0 Å². The Labute approximate surface area is 101 Å². The van der Waals surface area contributed by atoms with E-state index in [0.717, 1.165) is 6.07 Å². The molecule has 0 saturated heterocycles. The molecule has 0 bridgehead atoms. The number of nitrogens with zero attached hydrogens (tertiary/aromatic N) is 2. The molecule has 0 aliphatic rings. The first kappa shape index (κ1) is 12.4. The Bertz CT molecular complexity index is 536. The highest BCUT2D eigenvalue weighted by molar-refractivity contribution is 5.36. The molecule has 2 rings (SSSR count). The number of alkyl halides is 3. The minimum absolute atomic E-state index is 0.144. The van der Waals surface area contributed by atoms with Gasteiger partial charge >= 0.3 is 6.18 Å². The third-order valence-corrected chi connectivity index (χ3v) is 2.17. The van der Waals surface area contributed by atoms with Crippen molar-refractivity contribution in [3.05, 3.63) is 41.4 Å². The molecule has 2 aromatic heterocycles. The highest BCUT2D eigenvalue weighted by atomic mass is 19.4. The van der Waals surface area contributed by atoms with E-state index in [1.54, 1.807) is 13.0 Å². The first-order chi connectivity index (χ1) is 8.45. The van der Waals surface area contributed by atoms with Gasteiger partial charge in [-0.15, -0.1) is 0 Å². The molecule has 0 amide bonds. The molecule has 0 unspecified atom stereocenters. The second kappa shape index (κ2) is 4.67. The average molecular weight is 257 g/mol. The lowest BCUT2D eigenvalue weighted by atomic mass is 10.3. The zero-order valence-electron chi connectivity index (χ0n) is 9.45. The molecule has 0 atom stereocenters. The summed E-state index contributed by atoms with van der Waals surface area (Å²) in [7, 11) is 0. The fourth-order valence-corrected chi connectivity index (χ4v) is 1.37. The molecule has 2 heterocycles. The molecule has 0 radical (unpaired) electrons. The first-order valence-electron chi connectivity index (χ1n) is 5.15. The van der Waals surface area contributed by atoms with E-state index >= 15 is 0 Å². The maximum absolute atomic E-state index is 12.4. The first-order valence-corrected chi connectivity index (χ1v) is 5.15. The number of nitrogens with one attached hydrogen (secondary N) is 1. The summed E-state index contributed by atoms with van der Waals surface area (Å²) in [6.45, 7) is 1.99. The van der Waals surface area contributed by atoms with E-state index in [0.29, 0.717) is 11.5 Å². The van der Waals surface area contributed by atoms with Crippen LogP contribution in [0.5, 0.6) is 0 Å². The second-order valence-corrected chi connectivity index (χ2v) is 3.69. The third kappa shape index (κ3) is 2.99. The fourth-order valence-electron chi connectivity index (χ4n) is 1.37. The van der Waals surface area contributed by atoms with Gasteiger partial charge in [-0.05, 0) is 19.1 Å². The topological polar surface area (TPSA) is 51.0 Å². The molecule has 96 valence electrons. The number of anilines is 1. The monoisotopic (exact) mass is 257 g/mol. The number of halogens is 3. The van der Waals surface area contributed by atoms with Crippen LogP contribution in [0.25, 0.3) is 0 Å². The zero-order chi connectivity index (χ0) is 13.2. The smallest absolute Gasteiger partial charge is 0.364 e. The van der Waals surface area contributed by atoms with Crippen LogP contribution < -0.4 is 5.32 Å². The quantitative estimate of drug-likeness (QED) is 0.918. The minimum Gasteiger partial charge on any atom is -0.364 e. The zero-order valence-corrected chi connectivity index (χ0v) is 9.45. The molecule has 0 spiro atoms. The van der Waals surface area contributed by atoms with Crippen LogP contribution in [0.4, 0.5) is 19.0 Å². The number of pyridine rings is 1. The molecule has 7 heteroatoms. The molecule has 1 N–H and O–H groups in total. The van der Waals surface area contributed by atoms with Gasteiger partial charge in [0.05, 0.1) is 6.54 Å². The molecular weight excluding hydrogens is 247 g/mol. The van der Waals surface area contributed by atoms with E-state index in [-0.39, 0.29) is 12.4 Å². The Morgan fingerprint density at radius 3 is 2.72 bits per heavy atom. The van der Waals surface area contributed by atoms with Crippen molar-refractivity contribution in [1.29, 1.82) is 0 Å². The van der Waals surface area contributed by atoms with E-state index in [1.165, 1.54) is 12.1 Å². The summed E-state index contributed by atoms with van der Waals surface area (Å²) < 4.78 is 42.1. The van der Waals surface area contributed by atoms with Gasteiger partial charge in [-0.1, -0.05) is 11.2 Å². The van der Waals surface area contributed by atoms with E-state index in [2.05, 4.69) is 15.5 Å². The van der Waals surface area contributed by atoms with Crippen molar-refractivity contribution >= 4 is 5.82 Å². The summed E-state index contributed by atoms with van der Waals surface area (Å²) in [6, 6.07) is 5.38. The Morgan fingerprint density at radius 1 is 1.33 bits per heavy atom. The highest BCUT2D eigenvalue weighted by Gasteiger charge is 2.32.